The van der Waals surface area contributed by atoms with Crippen molar-refractivity contribution in [3.05, 3.63) is 46.2 Å². The second-order valence-corrected chi connectivity index (χ2v) is 7.07. The number of rotatable bonds is 7. The Morgan fingerprint density at radius 1 is 1.22 bits per heavy atom. The SMILES string of the molecule is O=C(NCCSCc1cccs1)NCc1ccc2c(c1)OCO2. The molecule has 0 aliphatic carbocycles. The molecule has 122 valence electrons. The average Bonchev–Trinajstić information content (AvgIpc) is 3.23. The zero-order valence-electron chi connectivity index (χ0n) is 12.5. The van der Waals surface area contributed by atoms with E-state index in [-0.39, 0.29) is 12.8 Å². The minimum Gasteiger partial charge on any atom is -0.454 e. The van der Waals surface area contributed by atoms with Gasteiger partial charge in [-0.1, -0.05) is 12.1 Å². The largest absolute Gasteiger partial charge is 0.454 e. The summed E-state index contributed by atoms with van der Waals surface area (Å²) in [6, 6.07) is 9.70. The van der Waals surface area contributed by atoms with Gasteiger partial charge in [-0.05, 0) is 29.1 Å². The van der Waals surface area contributed by atoms with E-state index in [1.807, 2.05) is 30.0 Å². The van der Waals surface area contributed by atoms with Gasteiger partial charge in [0, 0.05) is 29.5 Å². The Kier molecular flexibility index (Phi) is 5.65. The van der Waals surface area contributed by atoms with E-state index in [2.05, 4.69) is 28.1 Å². The molecule has 0 fully saturated rings. The van der Waals surface area contributed by atoms with Crippen molar-refractivity contribution in [2.75, 3.05) is 19.1 Å². The number of hydrogen-bond acceptors (Lipinski definition) is 5. The highest BCUT2D eigenvalue weighted by molar-refractivity contribution is 7.98. The summed E-state index contributed by atoms with van der Waals surface area (Å²) in [5.41, 5.74) is 0.983. The Morgan fingerprint density at radius 3 is 3.00 bits per heavy atom. The first-order valence-electron chi connectivity index (χ1n) is 7.31. The van der Waals surface area contributed by atoms with Crippen molar-refractivity contribution in [3.63, 3.8) is 0 Å². The molecule has 0 atom stereocenters. The third-order valence-corrected chi connectivity index (χ3v) is 5.31. The smallest absolute Gasteiger partial charge is 0.315 e. The van der Waals surface area contributed by atoms with Crippen molar-refractivity contribution in [3.8, 4) is 11.5 Å². The molecule has 0 saturated carbocycles. The Hall–Kier alpha value is -1.86. The van der Waals surface area contributed by atoms with Crippen LogP contribution in [0, 0.1) is 0 Å². The third kappa shape index (κ3) is 4.80. The number of benzene rings is 1. The molecule has 2 amide bonds. The number of hydrogen-bond donors (Lipinski definition) is 2. The van der Waals surface area contributed by atoms with Gasteiger partial charge in [0.05, 0.1) is 0 Å². The number of amides is 2. The molecule has 1 aromatic heterocycles. The fourth-order valence-corrected chi connectivity index (χ4v) is 3.80. The highest BCUT2D eigenvalue weighted by Crippen LogP contribution is 2.32. The number of nitrogens with one attached hydrogen (secondary N) is 2. The number of ether oxygens (including phenoxy) is 2. The maximum absolute atomic E-state index is 11.8. The lowest BCUT2D eigenvalue weighted by Crippen LogP contribution is -2.36. The number of carbonyl (C=O) groups excluding carboxylic acids is 1. The summed E-state index contributed by atoms with van der Waals surface area (Å²) >= 11 is 3.58. The first-order chi connectivity index (χ1) is 11.3. The standard InChI is InChI=1S/C16H18N2O3S2/c19-16(17-5-7-22-10-13-2-1-6-23-13)18-9-12-3-4-14-15(8-12)21-11-20-14/h1-4,6,8H,5,7,9-11H2,(H2,17,18,19). The van der Waals surface area contributed by atoms with Gasteiger partial charge in [0.1, 0.15) is 0 Å². The lowest BCUT2D eigenvalue weighted by molar-refractivity contribution is 0.174. The van der Waals surface area contributed by atoms with E-state index in [0.717, 1.165) is 28.6 Å². The molecule has 1 aliphatic rings. The molecule has 0 unspecified atom stereocenters. The number of thioether (sulfide) groups is 1. The first kappa shape index (κ1) is 16.0. The van der Waals surface area contributed by atoms with Crippen LogP contribution in [0.1, 0.15) is 10.4 Å². The van der Waals surface area contributed by atoms with Crippen molar-refractivity contribution in [1.82, 2.24) is 10.6 Å². The first-order valence-corrected chi connectivity index (χ1v) is 9.35. The van der Waals surface area contributed by atoms with Gasteiger partial charge in [-0.15, -0.1) is 11.3 Å². The van der Waals surface area contributed by atoms with E-state index in [0.29, 0.717) is 13.1 Å². The van der Waals surface area contributed by atoms with Crippen LogP contribution in [-0.4, -0.2) is 25.1 Å². The van der Waals surface area contributed by atoms with Crippen molar-refractivity contribution in [1.29, 1.82) is 0 Å². The fourth-order valence-electron chi connectivity index (χ4n) is 2.10. The molecule has 0 spiro atoms. The summed E-state index contributed by atoms with van der Waals surface area (Å²) in [6.07, 6.45) is 0. The lowest BCUT2D eigenvalue weighted by Gasteiger charge is -2.08. The highest BCUT2D eigenvalue weighted by Gasteiger charge is 2.13. The average molecular weight is 350 g/mol. The second-order valence-electron chi connectivity index (χ2n) is 4.93. The number of urea groups is 1. The van der Waals surface area contributed by atoms with Crippen LogP contribution < -0.4 is 20.1 Å². The van der Waals surface area contributed by atoms with E-state index < -0.39 is 0 Å². The third-order valence-electron chi connectivity index (χ3n) is 3.25. The minimum atomic E-state index is -0.153. The Balaban J connectivity index is 1.30. The second kappa shape index (κ2) is 8.12. The Labute approximate surface area is 143 Å². The van der Waals surface area contributed by atoms with E-state index in [1.54, 1.807) is 11.3 Å². The van der Waals surface area contributed by atoms with E-state index in [9.17, 15) is 4.79 Å². The van der Waals surface area contributed by atoms with Crippen molar-refractivity contribution < 1.29 is 14.3 Å². The highest BCUT2D eigenvalue weighted by atomic mass is 32.2. The monoisotopic (exact) mass is 350 g/mol. The lowest BCUT2D eigenvalue weighted by atomic mass is 10.2. The van der Waals surface area contributed by atoms with Crippen LogP contribution in [0.2, 0.25) is 0 Å². The Morgan fingerprint density at radius 2 is 2.13 bits per heavy atom. The Bertz CT molecular complexity index is 647. The van der Waals surface area contributed by atoms with Gasteiger partial charge in [-0.2, -0.15) is 11.8 Å². The minimum absolute atomic E-state index is 0.153. The predicted molar refractivity (Wildman–Crippen MR) is 93.3 cm³/mol. The van der Waals surface area contributed by atoms with Crippen LogP contribution in [0.4, 0.5) is 4.79 Å². The zero-order chi connectivity index (χ0) is 15.9. The predicted octanol–water partition coefficient (Wildman–Crippen LogP) is 3.21. The molecule has 1 aliphatic heterocycles. The summed E-state index contributed by atoms with van der Waals surface area (Å²) in [7, 11) is 0. The van der Waals surface area contributed by atoms with Gasteiger partial charge in [0.2, 0.25) is 6.79 Å². The molecule has 23 heavy (non-hydrogen) atoms. The summed E-state index contributed by atoms with van der Waals surface area (Å²) in [5.74, 6) is 3.38. The molecule has 7 heteroatoms. The normalized spacial score (nSPS) is 12.2. The zero-order valence-corrected chi connectivity index (χ0v) is 14.2. The van der Waals surface area contributed by atoms with E-state index in [4.69, 9.17) is 9.47 Å². The summed E-state index contributed by atoms with van der Waals surface area (Å²) in [5, 5.41) is 7.78. The van der Waals surface area contributed by atoms with E-state index in [1.165, 1.54) is 4.88 Å². The van der Waals surface area contributed by atoms with Crippen LogP contribution in [0.25, 0.3) is 0 Å². The molecule has 0 saturated heterocycles. The number of thiophene rings is 1. The molecular weight excluding hydrogens is 332 g/mol. The van der Waals surface area contributed by atoms with Crippen LogP contribution >= 0.6 is 23.1 Å². The van der Waals surface area contributed by atoms with Gasteiger partial charge < -0.3 is 20.1 Å². The maximum Gasteiger partial charge on any atom is 0.315 e. The van der Waals surface area contributed by atoms with Gasteiger partial charge >= 0.3 is 6.03 Å². The molecule has 1 aromatic carbocycles. The molecule has 0 bridgehead atoms. The van der Waals surface area contributed by atoms with Gasteiger partial charge in [0.25, 0.3) is 0 Å². The van der Waals surface area contributed by atoms with Crippen molar-refractivity contribution in [2.45, 2.75) is 12.3 Å². The van der Waals surface area contributed by atoms with Crippen molar-refractivity contribution >= 4 is 29.1 Å². The molecule has 2 heterocycles. The van der Waals surface area contributed by atoms with Crippen molar-refractivity contribution in [2.24, 2.45) is 0 Å². The van der Waals surface area contributed by atoms with Crippen LogP contribution in [0.15, 0.2) is 35.7 Å². The van der Waals surface area contributed by atoms with Gasteiger partial charge in [-0.25, -0.2) is 4.79 Å². The molecular formula is C16H18N2O3S2. The molecule has 5 nitrogen and oxygen atoms in total. The quantitative estimate of drug-likeness (QED) is 0.753. The fraction of sp³-hybridized carbons (Fsp3) is 0.312. The van der Waals surface area contributed by atoms with Crippen LogP contribution in [0.3, 0.4) is 0 Å². The van der Waals surface area contributed by atoms with Crippen LogP contribution in [-0.2, 0) is 12.3 Å². The topological polar surface area (TPSA) is 59.6 Å². The molecule has 0 radical (unpaired) electrons. The summed E-state index contributed by atoms with van der Waals surface area (Å²) < 4.78 is 10.6. The molecule has 3 rings (SSSR count). The van der Waals surface area contributed by atoms with Crippen LogP contribution in [0.5, 0.6) is 11.5 Å². The van der Waals surface area contributed by atoms with Gasteiger partial charge in [-0.3, -0.25) is 0 Å². The van der Waals surface area contributed by atoms with E-state index >= 15 is 0 Å². The molecule has 2 N–H and O–H groups in total. The number of fused-ring (bicyclic) bond motifs is 1. The molecule has 2 aromatic rings. The maximum atomic E-state index is 11.8. The summed E-state index contributed by atoms with van der Waals surface area (Å²) in [6.45, 7) is 1.38. The number of carbonyl (C=O) groups is 1. The van der Waals surface area contributed by atoms with Gasteiger partial charge in [0.15, 0.2) is 11.5 Å². The summed E-state index contributed by atoms with van der Waals surface area (Å²) in [4.78, 5) is 13.1.